The van der Waals surface area contributed by atoms with Crippen LogP contribution in [0.25, 0.3) is 10.9 Å². The summed E-state index contributed by atoms with van der Waals surface area (Å²) in [5, 5.41) is 10.1. The number of nitrogens with zero attached hydrogens (tertiary/aromatic N) is 1. The zero-order chi connectivity index (χ0) is 13.9. The summed E-state index contributed by atoms with van der Waals surface area (Å²) in [4.78, 5) is 12.1. The number of fused-ring (bicyclic) bond motifs is 1. The molecule has 3 aromatic rings. The van der Waals surface area contributed by atoms with Gasteiger partial charge in [0.2, 0.25) is 0 Å². The average Bonchev–Trinajstić information content (AvgIpc) is 2.51. The van der Waals surface area contributed by atoms with Crippen molar-refractivity contribution in [1.29, 1.82) is 0 Å². The first-order valence-corrected chi connectivity index (χ1v) is 6.55. The molecule has 1 heterocycles. The zero-order valence-corrected chi connectivity index (χ0v) is 11.0. The molecule has 1 aromatic heterocycles. The molecule has 100 valence electrons. The van der Waals surface area contributed by atoms with Gasteiger partial charge in [-0.25, -0.2) is 0 Å². The Hall–Kier alpha value is -2.39. The number of hydrogen-bond acceptors (Lipinski definition) is 2. The number of aliphatic hydroxyl groups excluding tert-OH is 1. The van der Waals surface area contributed by atoms with Crippen molar-refractivity contribution in [1.82, 2.24) is 4.57 Å². The molecule has 0 unspecified atom stereocenters. The molecule has 0 fully saturated rings. The van der Waals surface area contributed by atoms with Crippen molar-refractivity contribution < 1.29 is 5.11 Å². The zero-order valence-electron chi connectivity index (χ0n) is 11.0. The van der Waals surface area contributed by atoms with Crippen LogP contribution in [0.5, 0.6) is 0 Å². The van der Waals surface area contributed by atoms with Gasteiger partial charge in [-0.15, -0.1) is 0 Å². The minimum absolute atomic E-state index is 0.00469. The Morgan fingerprint density at radius 3 is 2.30 bits per heavy atom. The van der Waals surface area contributed by atoms with E-state index in [-0.39, 0.29) is 12.2 Å². The molecule has 2 aromatic carbocycles. The molecule has 0 saturated heterocycles. The highest BCUT2D eigenvalue weighted by Crippen LogP contribution is 2.13. The second-order valence-electron chi connectivity index (χ2n) is 4.79. The predicted molar refractivity (Wildman–Crippen MR) is 79.7 cm³/mol. The second kappa shape index (κ2) is 5.31. The van der Waals surface area contributed by atoms with E-state index in [4.69, 9.17) is 5.11 Å². The first-order chi connectivity index (χ1) is 9.78. The third-order valence-corrected chi connectivity index (χ3v) is 3.45. The fraction of sp³-hybridized carbons (Fsp3) is 0.118. The lowest BCUT2D eigenvalue weighted by Crippen LogP contribution is -2.19. The van der Waals surface area contributed by atoms with Gasteiger partial charge in [0.1, 0.15) is 0 Å². The van der Waals surface area contributed by atoms with Crippen molar-refractivity contribution in [3.05, 3.63) is 82.1 Å². The average molecular weight is 265 g/mol. The van der Waals surface area contributed by atoms with Crippen LogP contribution in [0, 0.1) is 0 Å². The Morgan fingerprint density at radius 2 is 1.55 bits per heavy atom. The Bertz CT molecular complexity index is 788. The molecule has 0 radical (unpaired) electrons. The maximum Gasteiger partial charge on any atom is 0.251 e. The molecule has 0 atom stereocenters. The van der Waals surface area contributed by atoms with Crippen molar-refractivity contribution >= 4 is 10.9 Å². The first kappa shape index (κ1) is 12.6. The van der Waals surface area contributed by atoms with Gasteiger partial charge in [-0.2, -0.15) is 0 Å². The van der Waals surface area contributed by atoms with Crippen molar-refractivity contribution in [2.45, 2.75) is 13.2 Å². The molecule has 3 rings (SSSR count). The Morgan fingerprint density at radius 1 is 0.850 bits per heavy atom. The highest BCUT2D eigenvalue weighted by molar-refractivity contribution is 5.78. The van der Waals surface area contributed by atoms with Crippen LogP contribution in [0.1, 0.15) is 11.1 Å². The molecule has 3 heteroatoms. The fourth-order valence-electron chi connectivity index (χ4n) is 2.34. The summed E-state index contributed by atoms with van der Waals surface area (Å²) in [5.41, 5.74) is 2.85. The van der Waals surface area contributed by atoms with E-state index in [0.717, 1.165) is 22.0 Å². The lowest BCUT2D eigenvalue weighted by Gasteiger charge is -2.10. The minimum atomic E-state index is -0.00469. The van der Waals surface area contributed by atoms with Crippen LogP contribution in [0.15, 0.2) is 65.5 Å². The summed E-state index contributed by atoms with van der Waals surface area (Å²) in [5.74, 6) is 0. The summed E-state index contributed by atoms with van der Waals surface area (Å²) >= 11 is 0. The highest BCUT2D eigenvalue weighted by Gasteiger charge is 2.03. The number of aromatic nitrogens is 1. The lowest BCUT2D eigenvalue weighted by molar-refractivity contribution is 0.282. The van der Waals surface area contributed by atoms with Gasteiger partial charge in [0, 0.05) is 6.07 Å². The summed E-state index contributed by atoms with van der Waals surface area (Å²) in [6.45, 7) is 0.570. The first-order valence-electron chi connectivity index (χ1n) is 6.55. The lowest BCUT2D eigenvalue weighted by atomic mass is 10.1. The number of hydrogen-bond donors (Lipinski definition) is 1. The molecule has 1 N–H and O–H groups in total. The summed E-state index contributed by atoms with van der Waals surface area (Å²) in [6, 6.07) is 19.0. The third-order valence-electron chi connectivity index (χ3n) is 3.45. The van der Waals surface area contributed by atoms with Crippen molar-refractivity contribution in [2.75, 3.05) is 0 Å². The molecule has 0 bridgehead atoms. The van der Waals surface area contributed by atoms with Crippen LogP contribution < -0.4 is 5.56 Å². The van der Waals surface area contributed by atoms with Crippen LogP contribution >= 0.6 is 0 Å². The van der Waals surface area contributed by atoms with Gasteiger partial charge in [-0.3, -0.25) is 4.79 Å². The molecule has 0 saturated carbocycles. The van der Waals surface area contributed by atoms with Crippen LogP contribution in [-0.2, 0) is 13.2 Å². The van der Waals surface area contributed by atoms with E-state index >= 15 is 0 Å². The van der Waals surface area contributed by atoms with Gasteiger partial charge in [-0.05, 0) is 28.6 Å². The quantitative estimate of drug-likeness (QED) is 0.790. The molecule has 0 spiro atoms. The minimum Gasteiger partial charge on any atom is -0.392 e. The number of para-hydroxylation sites is 1. The van der Waals surface area contributed by atoms with Crippen molar-refractivity contribution in [3.63, 3.8) is 0 Å². The fourth-order valence-corrected chi connectivity index (χ4v) is 2.34. The number of pyridine rings is 1. The molecular weight excluding hydrogens is 250 g/mol. The van der Waals surface area contributed by atoms with Crippen LogP contribution in [-0.4, -0.2) is 9.67 Å². The third kappa shape index (κ3) is 2.36. The number of aliphatic hydroxyl groups is 1. The van der Waals surface area contributed by atoms with Gasteiger partial charge in [0.15, 0.2) is 0 Å². The molecule has 3 nitrogen and oxygen atoms in total. The second-order valence-corrected chi connectivity index (χ2v) is 4.79. The van der Waals surface area contributed by atoms with Crippen LogP contribution in [0.2, 0.25) is 0 Å². The van der Waals surface area contributed by atoms with Crippen molar-refractivity contribution in [2.24, 2.45) is 0 Å². The normalized spacial score (nSPS) is 10.8. The summed E-state index contributed by atoms with van der Waals surface area (Å²) in [6.07, 6.45) is 0. The van der Waals surface area contributed by atoms with Gasteiger partial charge >= 0.3 is 0 Å². The standard InChI is InChI=1S/C17H15NO2/c19-12-14-7-5-13(6-8-14)11-18-16-4-2-1-3-15(16)9-10-17(18)20/h1-10,19H,11-12H2. The van der Waals surface area contributed by atoms with E-state index in [0.29, 0.717) is 6.54 Å². The van der Waals surface area contributed by atoms with E-state index in [1.54, 1.807) is 10.6 Å². The Labute approximate surface area is 116 Å². The molecular formula is C17H15NO2. The molecule has 20 heavy (non-hydrogen) atoms. The SMILES string of the molecule is O=c1ccc2ccccc2n1Cc1ccc(CO)cc1. The molecule has 0 aliphatic carbocycles. The van der Waals surface area contributed by atoms with Crippen LogP contribution in [0.3, 0.4) is 0 Å². The highest BCUT2D eigenvalue weighted by atomic mass is 16.3. The molecule has 0 amide bonds. The maximum absolute atomic E-state index is 12.1. The van der Waals surface area contributed by atoms with E-state index < -0.39 is 0 Å². The Balaban J connectivity index is 2.05. The van der Waals surface area contributed by atoms with Gasteiger partial charge in [0.25, 0.3) is 5.56 Å². The van der Waals surface area contributed by atoms with E-state index in [2.05, 4.69) is 0 Å². The monoisotopic (exact) mass is 265 g/mol. The van der Waals surface area contributed by atoms with Crippen LogP contribution in [0.4, 0.5) is 0 Å². The van der Waals surface area contributed by atoms with E-state index in [9.17, 15) is 4.79 Å². The maximum atomic E-state index is 12.1. The summed E-state index contributed by atoms with van der Waals surface area (Å²) < 4.78 is 1.77. The van der Waals surface area contributed by atoms with Crippen molar-refractivity contribution in [3.8, 4) is 0 Å². The van der Waals surface area contributed by atoms with Gasteiger partial charge in [0.05, 0.1) is 18.7 Å². The topological polar surface area (TPSA) is 42.2 Å². The van der Waals surface area contributed by atoms with Gasteiger partial charge in [-0.1, -0.05) is 42.5 Å². The van der Waals surface area contributed by atoms with E-state index in [1.165, 1.54) is 0 Å². The Kier molecular flexibility index (Phi) is 3.35. The molecule has 0 aliphatic heterocycles. The summed E-state index contributed by atoms with van der Waals surface area (Å²) in [7, 11) is 0. The number of benzene rings is 2. The smallest absolute Gasteiger partial charge is 0.251 e. The van der Waals surface area contributed by atoms with Gasteiger partial charge < -0.3 is 9.67 Å². The predicted octanol–water partition coefficient (Wildman–Crippen LogP) is 2.54. The number of rotatable bonds is 3. The van der Waals surface area contributed by atoms with E-state index in [1.807, 2.05) is 54.6 Å². The molecule has 0 aliphatic rings. The largest absolute Gasteiger partial charge is 0.392 e.